The van der Waals surface area contributed by atoms with Gasteiger partial charge in [0.25, 0.3) is 5.91 Å². The van der Waals surface area contributed by atoms with Crippen molar-refractivity contribution in [3.8, 4) is 11.5 Å². The van der Waals surface area contributed by atoms with Crippen LogP contribution in [0.3, 0.4) is 0 Å². The maximum atomic E-state index is 13.0. The largest absolute Gasteiger partial charge is 0.497 e. The molecule has 0 bridgehead atoms. The Bertz CT molecular complexity index is 1290. The van der Waals surface area contributed by atoms with E-state index in [1.54, 1.807) is 44.4 Å². The Balaban J connectivity index is 1.59. The van der Waals surface area contributed by atoms with Crippen molar-refractivity contribution in [2.24, 2.45) is 0 Å². The number of methoxy groups -OCH3 is 1. The number of carbonyl (C=O) groups is 1. The van der Waals surface area contributed by atoms with Crippen LogP contribution in [0.1, 0.15) is 29.8 Å². The molecule has 1 aliphatic heterocycles. The number of amides is 1. The molecule has 0 unspecified atom stereocenters. The Hall–Kier alpha value is -3.44. The lowest BCUT2D eigenvalue weighted by Gasteiger charge is -2.29. The van der Waals surface area contributed by atoms with E-state index in [2.05, 4.69) is 14.9 Å². The van der Waals surface area contributed by atoms with Crippen molar-refractivity contribution in [1.82, 2.24) is 14.9 Å². The molecule has 33 heavy (non-hydrogen) atoms. The lowest BCUT2D eigenvalue weighted by atomic mass is 10.1. The van der Waals surface area contributed by atoms with Crippen LogP contribution < -0.4 is 19.1 Å². The Morgan fingerprint density at radius 2 is 2.06 bits per heavy atom. The van der Waals surface area contributed by atoms with Gasteiger partial charge in [0, 0.05) is 19.0 Å². The highest BCUT2D eigenvalue weighted by Gasteiger charge is 2.30. The molecule has 0 radical (unpaired) electrons. The van der Waals surface area contributed by atoms with Crippen LogP contribution in [0.15, 0.2) is 45.8 Å². The highest BCUT2D eigenvalue weighted by Crippen LogP contribution is 2.37. The zero-order chi connectivity index (χ0) is 23.6. The zero-order valence-corrected chi connectivity index (χ0v) is 19.3. The molecular formula is C22H24N4O6S. The van der Waals surface area contributed by atoms with E-state index >= 15 is 0 Å². The number of nitrogens with zero attached hydrogens (tertiary/aromatic N) is 3. The quantitative estimate of drug-likeness (QED) is 0.530. The summed E-state index contributed by atoms with van der Waals surface area (Å²) in [4.78, 5) is 18.3. The van der Waals surface area contributed by atoms with E-state index in [0.29, 0.717) is 40.9 Å². The number of hydrogen-bond donors (Lipinski definition) is 1. The Morgan fingerprint density at radius 3 is 2.79 bits per heavy atom. The second-order valence-electron chi connectivity index (χ2n) is 7.49. The molecule has 11 heteroatoms. The number of hydrogen-bond acceptors (Lipinski definition) is 8. The van der Waals surface area contributed by atoms with Crippen molar-refractivity contribution in [2.45, 2.75) is 38.3 Å². The average Bonchev–Trinajstić information content (AvgIpc) is 3.27. The fourth-order valence-corrected chi connectivity index (χ4v) is 4.73. The molecule has 10 nitrogen and oxygen atoms in total. The monoisotopic (exact) mass is 472 g/mol. The van der Waals surface area contributed by atoms with Crippen LogP contribution in [0.5, 0.6) is 11.5 Å². The minimum absolute atomic E-state index is 0.0753. The van der Waals surface area contributed by atoms with Gasteiger partial charge in [0.2, 0.25) is 15.9 Å². The van der Waals surface area contributed by atoms with Crippen LogP contribution in [-0.2, 0) is 34.3 Å². The Kier molecular flexibility index (Phi) is 6.34. The average molecular weight is 473 g/mol. The van der Waals surface area contributed by atoms with Gasteiger partial charge in [0.05, 0.1) is 24.2 Å². The van der Waals surface area contributed by atoms with Gasteiger partial charge in [-0.05, 0) is 36.2 Å². The summed E-state index contributed by atoms with van der Waals surface area (Å²) in [5, 5.41) is 3.90. The summed E-state index contributed by atoms with van der Waals surface area (Å²) in [7, 11) is -2.30. The first-order valence-corrected chi connectivity index (χ1v) is 11.8. The zero-order valence-electron chi connectivity index (χ0n) is 18.5. The normalized spacial score (nSPS) is 13.5. The van der Waals surface area contributed by atoms with Gasteiger partial charge < -0.3 is 14.0 Å². The molecule has 0 atom stereocenters. The number of anilines is 1. The van der Waals surface area contributed by atoms with Crippen LogP contribution in [0.25, 0.3) is 0 Å². The highest BCUT2D eigenvalue weighted by atomic mass is 32.2. The van der Waals surface area contributed by atoms with E-state index in [9.17, 15) is 13.2 Å². The minimum Gasteiger partial charge on any atom is -0.497 e. The number of aromatic nitrogens is 2. The predicted molar refractivity (Wildman–Crippen MR) is 119 cm³/mol. The third-order valence-corrected chi connectivity index (χ3v) is 6.74. The van der Waals surface area contributed by atoms with Gasteiger partial charge in [-0.1, -0.05) is 24.2 Å². The van der Waals surface area contributed by atoms with Crippen LogP contribution in [-0.4, -0.2) is 38.2 Å². The summed E-state index contributed by atoms with van der Waals surface area (Å²) >= 11 is 0. The maximum Gasteiger partial charge on any atom is 0.265 e. The lowest BCUT2D eigenvalue weighted by molar-refractivity contribution is -0.121. The number of ether oxygens (including phenoxy) is 2. The molecule has 3 aromatic rings. The molecule has 0 saturated heterocycles. The Morgan fingerprint density at radius 1 is 1.24 bits per heavy atom. The topological polar surface area (TPSA) is 124 Å². The minimum atomic E-state index is -3.85. The van der Waals surface area contributed by atoms with Gasteiger partial charge in [-0.2, -0.15) is 4.98 Å². The summed E-state index contributed by atoms with van der Waals surface area (Å²) in [6, 6.07) is 10.2. The molecule has 4 rings (SSSR count). The summed E-state index contributed by atoms with van der Waals surface area (Å²) in [6.45, 7) is 3.53. The lowest BCUT2D eigenvalue weighted by Crippen LogP contribution is -2.38. The summed E-state index contributed by atoms with van der Waals surface area (Å²) in [6.07, 6.45) is 0.587. The van der Waals surface area contributed by atoms with E-state index in [0.717, 1.165) is 5.56 Å². The number of sulfonamides is 1. The first-order valence-electron chi connectivity index (χ1n) is 10.3. The second kappa shape index (κ2) is 9.20. The van der Waals surface area contributed by atoms with E-state index in [1.165, 1.54) is 11.0 Å². The third-order valence-electron chi connectivity index (χ3n) is 5.20. The number of carbonyl (C=O) groups excluding carboxylic acids is 1. The van der Waals surface area contributed by atoms with Gasteiger partial charge in [-0.15, -0.1) is 0 Å². The molecule has 174 valence electrons. The van der Waals surface area contributed by atoms with Gasteiger partial charge >= 0.3 is 0 Å². The van der Waals surface area contributed by atoms with Crippen molar-refractivity contribution in [3.05, 3.63) is 59.2 Å². The molecule has 1 N–H and O–H groups in total. The van der Waals surface area contributed by atoms with Crippen molar-refractivity contribution in [2.75, 3.05) is 18.6 Å². The standard InChI is InChI=1S/C22H24N4O6S/c1-4-21-24-20(25-32-21)12-26-17-8-14(2)19(10-18(17)31-13-22(26)27)33(28,29)23-11-15-6-5-7-16(9-15)30-3/h5-10,23H,4,11-13H2,1-3H3. The molecule has 0 aliphatic carbocycles. The Labute approximate surface area is 191 Å². The summed E-state index contributed by atoms with van der Waals surface area (Å²) in [5.74, 6) is 1.49. The molecule has 0 fully saturated rings. The predicted octanol–water partition coefficient (Wildman–Crippen LogP) is 2.35. The molecular weight excluding hydrogens is 448 g/mol. The summed E-state index contributed by atoms with van der Waals surface area (Å²) < 4.78 is 44.5. The number of benzene rings is 2. The van der Waals surface area contributed by atoms with E-state index < -0.39 is 10.0 Å². The molecule has 1 amide bonds. The second-order valence-corrected chi connectivity index (χ2v) is 9.22. The van der Waals surface area contributed by atoms with Crippen molar-refractivity contribution >= 4 is 21.6 Å². The number of rotatable bonds is 8. The van der Waals surface area contributed by atoms with E-state index in [4.69, 9.17) is 14.0 Å². The first kappa shape index (κ1) is 22.7. The number of fused-ring (bicyclic) bond motifs is 1. The highest BCUT2D eigenvalue weighted by molar-refractivity contribution is 7.89. The van der Waals surface area contributed by atoms with Crippen LogP contribution in [0.4, 0.5) is 5.69 Å². The molecule has 1 aromatic heterocycles. The van der Waals surface area contributed by atoms with Gasteiger partial charge in [0.1, 0.15) is 11.5 Å². The van der Waals surface area contributed by atoms with Crippen LogP contribution >= 0.6 is 0 Å². The van der Waals surface area contributed by atoms with E-state index in [-0.39, 0.29) is 30.5 Å². The van der Waals surface area contributed by atoms with Crippen molar-refractivity contribution in [3.63, 3.8) is 0 Å². The fourth-order valence-electron chi connectivity index (χ4n) is 3.47. The van der Waals surface area contributed by atoms with Gasteiger partial charge in [-0.3, -0.25) is 9.69 Å². The van der Waals surface area contributed by atoms with Gasteiger partial charge in [0.15, 0.2) is 12.4 Å². The molecule has 1 aliphatic rings. The molecule has 0 saturated carbocycles. The first-order chi connectivity index (χ1) is 15.8. The van der Waals surface area contributed by atoms with Crippen molar-refractivity contribution < 1.29 is 27.2 Å². The molecule has 2 aromatic carbocycles. The maximum absolute atomic E-state index is 13.0. The molecule has 2 heterocycles. The smallest absolute Gasteiger partial charge is 0.265 e. The number of aryl methyl sites for hydroxylation is 2. The van der Waals surface area contributed by atoms with E-state index in [1.807, 2.05) is 6.92 Å². The third kappa shape index (κ3) is 4.83. The van der Waals surface area contributed by atoms with Crippen molar-refractivity contribution in [1.29, 1.82) is 0 Å². The SMILES string of the molecule is CCc1nc(CN2C(=O)COc3cc(S(=O)(=O)NCc4cccc(OC)c4)c(C)cc32)no1. The van der Waals surface area contributed by atoms with Crippen LogP contribution in [0.2, 0.25) is 0 Å². The van der Waals surface area contributed by atoms with Crippen LogP contribution in [0, 0.1) is 6.92 Å². The van der Waals surface area contributed by atoms with Gasteiger partial charge in [-0.25, -0.2) is 13.1 Å². The number of nitrogens with one attached hydrogen (secondary N) is 1. The molecule has 0 spiro atoms. The fraction of sp³-hybridized carbons (Fsp3) is 0.318. The summed E-state index contributed by atoms with van der Waals surface area (Å²) in [5.41, 5.74) is 1.68.